The second-order valence-electron chi connectivity index (χ2n) is 3.44. The molecule has 0 radical (unpaired) electrons. The van der Waals surface area contributed by atoms with Gasteiger partial charge in [-0.2, -0.15) is 0 Å². The van der Waals surface area contributed by atoms with Crippen molar-refractivity contribution in [3.05, 3.63) is 47.9 Å². The van der Waals surface area contributed by atoms with Crippen LogP contribution in [0.15, 0.2) is 41.0 Å². The van der Waals surface area contributed by atoms with Crippen LogP contribution in [0.1, 0.15) is 16.1 Å². The second kappa shape index (κ2) is 4.23. The summed E-state index contributed by atoms with van der Waals surface area (Å²) in [5, 5.41) is 0. The van der Waals surface area contributed by atoms with Crippen LogP contribution >= 0.6 is 0 Å². The number of hydrogen-bond donors (Lipinski definition) is 0. The number of esters is 1. The number of rotatable bonds is 2. The van der Waals surface area contributed by atoms with E-state index in [1.807, 2.05) is 37.3 Å². The third-order valence-corrected chi connectivity index (χ3v) is 2.44. The highest BCUT2D eigenvalue weighted by molar-refractivity contribution is 5.97. The van der Waals surface area contributed by atoms with Gasteiger partial charge in [-0.05, 0) is 12.5 Å². The van der Waals surface area contributed by atoms with Crippen molar-refractivity contribution in [1.29, 1.82) is 0 Å². The van der Waals surface area contributed by atoms with Crippen molar-refractivity contribution >= 4 is 5.97 Å². The smallest absolute Gasteiger partial charge is 0.341 e. The number of carbonyl (C=O) groups is 1. The predicted octanol–water partition coefficient (Wildman–Crippen LogP) is 3.04. The van der Waals surface area contributed by atoms with Gasteiger partial charge < -0.3 is 9.15 Å². The minimum atomic E-state index is -0.379. The summed E-state index contributed by atoms with van der Waals surface area (Å²) in [6.45, 7) is 1.83. The second-order valence-corrected chi connectivity index (χ2v) is 3.44. The van der Waals surface area contributed by atoms with Crippen molar-refractivity contribution in [3.63, 3.8) is 0 Å². The standard InChI is InChI=1S/C13H12O3/c1-9-12(10-6-4-3-5-7-10)11(8-16-9)13(14)15-2/h3-8H,1-2H3. The molecule has 0 saturated carbocycles. The van der Waals surface area contributed by atoms with Gasteiger partial charge in [0.25, 0.3) is 0 Å². The first-order valence-electron chi connectivity index (χ1n) is 4.96. The number of hydrogen-bond acceptors (Lipinski definition) is 3. The number of benzene rings is 1. The SMILES string of the molecule is COC(=O)c1coc(C)c1-c1ccccc1. The summed E-state index contributed by atoms with van der Waals surface area (Å²) in [5.41, 5.74) is 2.22. The molecule has 16 heavy (non-hydrogen) atoms. The summed E-state index contributed by atoms with van der Waals surface area (Å²) in [6, 6.07) is 9.64. The molecular weight excluding hydrogens is 204 g/mol. The topological polar surface area (TPSA) is 39.4 Å². The molecule has 0 fully saturated rings. The van der Waals surface area contributed by atoms with Crippen molar-refractivity contribution in [3.8, 4) is 11.1 Å². The van der Waals surface area contributed by atoms with E-state index in [-0.39, 0.29) is 5.97 Å². The van der Waals surface area contributed by atoms with Gasteiger partial charge in [0, 0.05) is 5.56 Å². The molecule has 1 aromatic heterocycles. The fourth-order valence-corrected chi connectivity index (χ4v) is 1.68. The van der Waals surface area contributed by atoms with Gasteiger partial charge in [-0.25, -0.2) is 4.79 Å². The highest BCUT2D eigenvalue weighted by Crippen LogP contribution is 2.29. The Balaban J connectivity index is 2.56. The highest BCUT2D eigenvalue weighted by Gasteiger charge is 2.18. The normalized spacial score (nSPS) is 10.1. The van der Waals surface area contributed by atoms with Crippen LogP contribution in [0.2, 0.25) is 0 Å². The largest absolute Gasteiger partial charge is 0.468 e. The van der Waals surface area contributed by atoms with E-state index in [0.717, 1.165) is 11.1 Å². The van der Waals surface area contributed by atoms with E-state index < -0.39 is 0 Å². The summed E-state index contributed by atoms with van der Waals surface area (Å²) in [4.78, 5) is 11.5. The summed E-state index contributed by atoms with van der Waals surface area (Å²) < 4.78 is 9.98. The minimum absolute atomic E-state index is 0.379. The molecule has 0 aliphatic rings. The van der Waals surface area contributed by atoms with Crippen LogP contribution in [0.25, 0.3) is 11.1 Å². The van der Waals surface area contributed by atoms with E-state index in [1.165, 1.54) is 13.4 Å². The number of ether oxygens (including phenoxy) is 1. The zero-order chi connectivity index (χ0) is 11.5. The first-order valence-corrected chi connectivity index (χ1v) is 4.96. The molecule has 1 heterocycles. The molecule has 0 bridgehead atoms. The number of furan rings is 1. The van der Waals surface area contributed by atoms with Crippen LogP contribution in [-0.4, -0.2) is 13.1 Å². The van der Waals surface area contributed by atoms with Crippen LogP contribution in [0.4, 0.5) is 0 Å². The molecule has 0 atom stereocenters. The predicted molar refractivity (Wildman–Crippen MR) is 60.2 cm³/mol. The summed E-state index contributed by atoms with van der Waals surface area (Å²) in [7, 11) is 1.36. The maximum Gasteiger partial charge on any atom is 0.341 e. The van der Waals surface area contributed by atoms with Crippen molar-refractivity contribution in [1.82, 2.24) is 0 Å². The van der Waals surface area contributed by atoms with Crippen molar-refractivity contribution in [2.75, 3.05) is 7.11 Å². The third kappa shape index (κ3) is 1.72. The van der Waals surface area contributed by atoms with Crippen LogP contribution in [0, 0.1) is 6.92 Å². The monoisotopic (exact) mass is 216 g/mol. The lowest BCUT2D eigenvalue weighted by Gasteiger charge is -2.02. The summed E-state index contributed by atoms with van der Waals surface area (Å²) in [6.07, 6.45) is 1.43. The molecule has 0 N–H and O–H groups in total. The van der Waals surface area contributed by atoms with Gasteiger partial charge in [0.05, 0.1) is 7.11 Å². The van der Waals surface area contributed by atoms with Crippen LogP contribution in [-0.2, 0) is 4.74 Å². The number of carbonyl (C=O) groups excluding carboxylic acids is 1. The quantitative estimate of drug-likeness (QED) is 0.724. The molecule has 0 aliphatic carbocycles. The molecule has 2 aromatic rings. The first-order chi connectivity index (χ1) is 7.74. The van der Waals surface area contributed by atoms with Gasteiger partial charge in [0.2, 0.25) is 0 Å². The van der Waals surface area contributed by atoms with Gasteiger partial charge in [-0.15, -0.1) is 0 Å². The molecule has 0 unspecified atom stereocenters. The van der Waals surface area contributed by atoms with Crippen molar-refractivity contribution < 1.29 is 13.9 Å². The van der Waals surface area contributed by atoms with Crippen LogP contribution < -0.4 is 0 Å². The lowest BCUT2D eigenvalue weighted by Crippen LogP contribution is -2.01. The molecule has 0 spiro atoms. The maximum absolute atomic E-state index is 11.5. The van der Waals surface area contributed by atoms with Gasteiger partial charge in [0.1, 0.15) is 17.6 Å². The molecule has 82 valence electrons. The van der Waals surface area contributed by atoms with Crippen LogP contribution in [0.5, 0.6) is 0 Å². The van der Waals surface area contributed by atoms with Gasteiger partial charge >= 0.3 is 5.97 Å². The lowest BCUT2D eigenvalue weighted by atomic mass is 10.0. The number of aryl methyl sites for hydroxylation is 1. The van der Waals surface area contributed by atoms with Gasteiger partial charge in [-0.1, -0.05) is 30.3 Å². The average molecular weight is 216 g/mol. The molecule has 1 aromatic carbocycles. The Morgan fingerprint density at radius 3 is 2.56 bits per heavy atom. The van der Waals surface area contributed by atoms with E-state index in [2.05, 4.69) is 0 Å². The minimum Gasteiger partial charge on any atom is -0.468 e. The Morgan fingerprint density at radius 2 is 1.94 bits per heavy atom. The van der Waals surface area contributed by atoms with E-state index in [0.29, 0.717) is 11.3 Å². The van der Waals surface area contributed by atoms with Gasteiger partial charge in [0.15, 0.2) is 0 Å². The molecule has 3 nitrogen and oxygen atoms in total. The molecule has 0 amide bonds. The third-order valence-electron chi connectivity index (χ3n) is 2.44. The van der Waals surface area contributed by atoms with E-state index in [9.17, 15) is 4.79 Å². The Hall–Kier alpha value is -2.03. The highest BCUT2D eigenvalue weighted by atomic mass is 16.5. The first kappa shape index (κ1) is 10.5. The summed E-state index contributed by atoms with van der Waals surface area (Å²) in [5.74, 6) is 0.335. The van der Waals surface area contributed by atoms with E-state index >= 15 is 0 Å². The van der Waals surface area contributed by atoms with Crippen molar-refractivity contribution in [2.45, 2.75) is 6.92 Å². The Bertz CT molecular complexity index is 497. The molecule has 0 aliphatic heterocycles. The zero-order valence-electron chi connectivity index (χ0n) is 9.19. The molecule has 0 saturated heterocycles. The van der Waals surface area contributed by atoms with Crippen molar-refractivity contribution in [2.24, 2.45) is 0 Å². The fraction of sp³-hybridized carbons (Fsp3) is 0.154. The average Bonchev–Trinajstić information content (AvgIpc) is 2.71. The van der Waals surface area contributed by atoms with E-state index in [1.54, 1.807) is 0 Å². The Morgan fingerprint density at radius 1 is 1.25 bits per heavy atom. The Kier molecular flexibility index (Phi) is 2.77. The molecular formula is C13H12O3. The fourth-order valence-electron chi connectivity index (χ4n) is 1.68. The van der Waals surface area contributed by atoms with Crippen LogP contribution in [0.3, 0.4) is 0 Å². The zero-order valence-corrected chi connectivity index (χ0v) is 9.19. The molecule has 3 heteroatoms. The lowest BCUT2D eigenvalue weighted by molar-refractivity contribution is 0.0600. The maximum atomic E-state index is 11.5. The van der Waals surface area contributed by atoms with E-state index in [4.69, 9.17) is 9.15 Å². The molecule has 2 rings (SSSR count). The Labute approximate surface area is 93.7 Å². The summed E-state index contributed by atoms with van der Waals surface area (Å²) >= 11 is 0. The number of methoxy groups -OCH3 is 1. The van der Waals surface area contributed by atoms with Gasteiger partial charge in [-0.3, -0.25) is 0 Å².